The van der Waals surface area contributed by atoms with Gasteiger partial charge in [0.2, 0.25) is 5.91 Å². The van der Waals surface area contributed by atoms with E-state index in [1.807, 2.05) is 7.05 Å². The molecule has 0 radical (unpaired) electrons. The van der Waals surface area contributed by atoms with Crippen molar-refractivity contribution in [2.24, 2.45) is 5.92 Å². The molecule has 1 amide bonds. The van der Waals surface area contributed by atoms with Crippen molar-refractivity contribution in [1.29, 1.82) is 0 Å². The predicted molar refractivity (Wildman–Crippen MR) is 77.8 cm³/mol. The number of fused-ring (bicyclic) bond motifs is 1. The van der Waals surface area contributed by atoms with Crippen LogP contribution in [0.5, 0.6) is 0 Å². The molecule has 3 heterocycles. The Labute approximate surface area is 119 Å². The molecule has 2 saturated heterocycles. The maximum Gasteiger partial charge on any atom is 0.225 e. The molecule has 108 valence electrons. The summed E-state index contributed by atoms with van der Waals surface area (Å²) >= 11 is 0. The first-order valence-electron chi connectivity index (χ1n) is 7.32. The zero-order valence-corrected chi connectivity index (χ0v) is 12.0. The molecule has 0 aliphatic carbocycles. The van der Waals surface area contributed by atoms with Crippen LogP contribution in [-0.4, -0.2) is 42.1 Å². The van der Waals surface area contributed by atoms with Crippen LogP contribution >= 0.6 is 0 Å². The van der Waals surface area contributed by atoms with E-state index in [0.717, 1.165) is 49.6 Å². The molecule has 0 aromatic carbocycles. The van der Waals surface area contributed by atoms with Crippen LogP contribution in [0.2, 0.25) is 0 Å². The Morgan fingerprint density at radius 3 is 3.10 bits per heavy atom. The maximum atomic E-state index is 11.9. The number of aromatic nitrogens is 2. The number of rotatable bonds is 3. The van der Waals surface area contributed by atoms with Crippen LogP contribution in [0.4, 0.5) is 11.6 Å². The van der Waals surface area contributed by atoms with Gasteiger partial charge in [-0.15, -0.1) is 0 Å². The Morgan fingerprint density at radius 1 is 1.50 bits per heavy atom. The van der Waals surface area contributed by atoms with Crippen LogP contribution in [-0.2, 0) is 11.2 Å². The summed E-state index contributed by atoms with van der Waals surface area (Å²) in [5.41, 5.74) is 1.13. The highest BCUT2D eigenvalue weighted by Gasteiger charge is 2.41. The maximum absolute atomic E-state index is 11.9. The lowest BCUT2D eigenvalue weighted by Gasteiger charge is -2.37. The third-order valence-corrected chi connectivity index (χ3v) is 4.39. The van der Waals surface area contributed by atoms with Crippen LogP contribution in [0.3, 0.4) is 0 Å². The van der Waals surface area contributed by atoms with Crippen molar-refractivity contribution in [3.8, 4) is 0 Å². The summed E-state index contributed by atoms with van der Waals surface area (Å²) in [5.74, 6) is 2.18. The Kier molecular flexibility index (Phi) is 3.46. The molecule has 2 atom stereocenters. The van der Waals surface area contributed by atoms with Crippen molar-refractivity contribution >= 4 is 17.5 Å². The van der Waals surface area contributed by atoms with E-state index in [4.69, 9.17) is 0 Å². The topological polar surface area (TPSA) is 70.2 Å². The van der Waals surface area contributed by atoms with Gasteiger partial charge in [-0.2, -0.15) is 0 Å². The average Bonchev–Trinajstić information content (AvgIpc) is 2.88. The number of carbonyl (C=O) groups is 1. The molecular formula is C14H21N5O. The normalized spacial score (nSPS) is 25.3. The van der Waals surface area contributed by atoms with Crippen molar-refractivity contribution in [2.45, 2.75) is 32.2 Å². The number of nitrogens with one attached hydrogen (secondary N) is 2. The van der Waals surface area contributed by atoms with Crippen molar-refractivity contribution in [3.63, 3.8) is 0 Å². The Balaban J connectivity index is 1.98. The third kappa shape index (κ3) is 1.99. The van der Waals surface area contributed by atoms with Gasteiger partial charge < -0.3 is 15.5 Å². The van der Waals surface area contributed by atoms with Crippen molar-refractivity contribution in [2.75, 3.05) is 30.4 Å². The number of piperidine rings is 1. The van der Waals surface area contributed by atoms with E-state index >= 15 is 0 Å². The van der Waals surface area contributed by atoms with Gasteiger partial charge in [-0.3, -0.25) is 4.79 Å². The molecule has 0 saturated carbocycles. The Morgan fingerprint density at radius 2 is 2.35 bits per heavy atom. The summed E-state index contributed by atoms with van der Waals surface area (Å²) in [7, 11) is 1.88. The molecule has 0 spiro atoms. The molecule has 1 aromatic heterocycles. The standard InChI is InChI=1S/C14H21N5O/c1-3-9-12(15-2)17-8-18-13(9)19-6-4-5-10-11(19)7-16-14(10)20/h8,10-11H,3-7H2,1-2H3,(H,16,20)(H,15,17,18). The molecule has 2 fully saturated rings. The minimum atomic E-state index is 0.112. The summed E-state index contributed by atoms with van der Waals surface area (Å²) < 4.78 is 0. The predicted octanol–water partition coefficient (Wildman–Crippen LogP) is 0.795. The van der Waals surface area contributed by atoms with Gasteiger partial charge in [0.15, 0.2) is 0 Å². The van der Waals surface area contributed by atoms with Gasteiger partial charge in [0, 0.05) is 25.7 Å². The van der Waals surface area contributed by atoms with Crippen LogP contribution < -0.4 is 15.5 Å². The zero-order valence-electron chi connectivity index (χ0n) is 12.0. The van der Waals surface area contributed by atoms with Gasteiger partial charge >= 0.3 is 0 Å². The monoisotopic (exact) mass is 275 g/mol. The summed E-state index contributed by atoms with van der Waals surface area (Å²) in [6.07, 6.45) is 4.50. The first-order valence-corrected chi connectivity index (χ1v) is 7.32. The van der Waals surface area contributed by atoms with Gasteiger partial charge in [0.05, 0.1) is 12.0 Å². The van der Waals surface area contributed by atoms with Crippen molar-refractivity contribution in [3.05, 3.63) is 11.9 Å². The highest BCUT2D eigenvalue weighted by Crippen LogP contribution is 2.33. The molecule has 20 heavy (non-hydrogen) atoms. The molecule has 2 N–H and O–H groups in total. The minimum absolute atomic E-state index is 0.112. The number of hydrogen-bond donors (Lipinski definition) is 2. The van der Waals surface area contributed by atoms with Crippen LogP contribution in [0, 0.1) is 5.92 Å². The third-order valence-electron chi connectivity index (χ3n) is 4.39. The zero-order chi connectivity index (χ0) is 14.1. The second-order valence-corrected chi connectivity index (χ2v) is 5.38. The highest BCUT2D eigenvalue weighted by atomic mass is 16.2. The molecule has 2 aliphatic rings. The number of carbonyl (C=O) groups excluding carboxylic acids is 1. The van der Waals surface area contributed by atoms with E-state index in [9.17, 15) is 4.79 Å². The fourth-order valence-corrected chi connectivity index (χ4v) is 3.41. The second kappa shape index (κ2) is 5.26. The molecular weight excluding hydrogens is 254 g/mol. The van der Waals surface area contributed by atoms with E-state index < -0.39 is 0 Å². The minimum Gasteiger partial charge on any atom is -0.373 e. The van der Waals surface area contributed by atoms with Gasteiger partial charge in [0.25, 0.3) is 0 Å². The molecule has 6 heteroatoms. The van der Waals surface area contributed by atoms with E-state index in [2.05, 4.69) is 32.4 Å². The van der Waals surface area contributed by atoms with E-state index in [-0.39, 0.29) is 17.9 Å². The number of hydrogen-bond acceptors (Lipinski definition) is 5. The molecule has 2 unspecified atom stereocenters. The first-order chi connectivity index (χ1) is 9.76. The average molecular weight is 275 g/mol. The van der Waals surface area contributed by atoms with E-state index in [0.29, 0.717) is 0 Å². The molecule has 6 nitrogen and oxygen atoms in total. The molecule has 2 aliphatic heterocycles. The summed E-state index contributed by atoms with van der Waals surface area (Å²) in [6, 6.07) is 0.237. The van der Waals surface area contributed by atoms with Crippen molar-refractivity contribution < 1.29 is 4.79 Å². The van der Waals surface area contributed by atoms with Gasteiger partial charge in [0.1, 0.15) is 18.0 Å². The Bertz CT molecular complexity index is 518. The van der Waals surface area contributed by atoms with E-state index in [1.54, 1.807) is 6.33 Å². The SMILES string of the molecule is CCc1c(NC)ncnc1N1CCCC2C(=O)NCC21. The quantitative estimate of drug-likeness (QED) is 0.853. The number of amides is 1. The van der Waals surface area contributed by atoms with Gasteiger partial charge in [-0.05, 0) is 19.3 Å². The summed E-state index contributed by atoms with van der Waals surface area (Å²) in [4.78, 5) is 23.0. The fraction of sp³-hybridized carbons (Fsp3) is 0.643. The van der Waals surface area contributed by atoms with E-state index in [1.165, 1.54) is 0 Å². The lowest BCUT2D eigenvalue weighted by atomic mass is 9.91. The molecule has 1 aromatic rings. The first kappa shape index (κ1) is 13.1. The molecule has 3 rings (SSSR count). The van der Waals surface area contributed by atoms with Crippen molar-refractivity contribution in [1.82, 2.24) is 15.3 Å². The smallest absolute Gasteiger partial charge is 0.225 e. The summed E-state index contributed by atoms with van der Waals surface area (Å²) in [5, 5.41) is 6.12. The lowest BCUT2D eigenvalue weighted by Crippen LogP contribution is -2.46. The van der Waals surface area contributed by atoms with Crippen LogP contribution in [0.25, 0.3) is 0 Å². The van der Waals surface area contributed by atoms with Gasteiger partial charge in [-0.25, -0.2) is 9.97 Å². The van der Waals surface area contributed by atoms with Crippen LogP contribution in [0.1, 0.15) is 25.3 Å². The highest BCUT2D eigenvalue weighted by molar-refractivity contribution is 5.83. The number of anilines is 2. The second-order valence-electron chi connectivity index (χ2n) is 5.38. The Hall–Kier alpha value is -1.85. The van der Waals surface area contributed by atoms with Crippen LogP contribution in [0.15, 0.2) is 6.33 Å². The number of nitrogens with zero attached hydrogens (tertiary/aromatic N) is 3. The van der Waals surface area contributed by atoms with Gasteiger partial charge in [-0.1, -0.05) is 6.92 Å². The summed E-state index contributed by atoms with van der Waals surface area (Å²) in [6.45, 7) is 3.80. The largest absolute Gasteiger partial charge is 0.373 e. The fourth-order valence-electron chi connectivity index (χ4n) is 3.41. The lowest BCUT2D eigenvalue weighted by molar-refractivity contribution is -0.122. The molecule has 0 bridgehead atoms.